The van der Waals surface area contributed by atoms with Crippen LogP contribution in [0.5, 0.6) is 0 Å². The fraction of sp³-hybridized carbons (Fsp3) is 0.444. The summed E-state index contributed by atoms with van der Waals surface area (Å²) in [6.45, 7) is 0.883. The van der Waals surface area contributed by atoms with Gasteiger partial charge in [0, 0.05) is 34.7 Å². The molecule has 0 aromatic carbocycles. The highest BCUT2D eigenvalue weighted by Crippen LogP contribution is 2.64. The molecule has 1 fully saturated rings. The maximum Gasteiger partial charge on any atom is 0.422 e. The molecule has 144 valence electrons. The standard InChI is InChI=1S/C18H15Cl2F3N2O2/c1-9(25-7-11-10(16(25)26)3-5-24-15(11)20)17-4-2-13(14(19)12(17)6-17)27-8-18(21,22)23/h2-5,9,12H,6-8H2,1H3. The number of hydrogen-bond donors (Lipinski definition) is 0. The molecule has 3 atom stereocenters. The van der Waals surface area contributed by atoms with Gasteiger partial charge in [-0.3, -0.25) is 4.79 Å². The van der Waals surface area contributed by atoms with Crippen molar-refractivity contribution in [1.82, 2.24) is 9.88 Å². The van der Waals surface area contributed by atoms with E-state index in [0.717, 1.165) is 0 Å². The van der Waals surface area contributed by atoms with Gasteiger partial charge in [-0.1, -0.05) is 29.3 Å². The van der Waals surface area contributed by atoms with Gasteiger partial charge in [0.1, 0.15) is 10.9 Å². The van der Waals surface area contributed by atoms with Crippen LogP contribution in [0.3, 0.4) is 0 Å². The van der Waals surface area contributed by atoms with Crippen LogP contribution in [0.1, 0.15) is 29.3 Å². The van der Waals surface area contributed by atoms with Crippen molar-refractivity contribution in [3.05, 3.63) is 51.5 Å². The molecule has 0 spiro atoms. The fourth-order valence-electron chi connectivity index (χ4n) is 3.98. The number of aromatic nitrogens is 1. The van der Waals surface area contributed by atoms with Crippen molar-refractivity contribution in [2.75, 3.05) is 6.61 Å². The summed E-state index contributed by atoms with van der Waals surface area (Å²) in [5, 5.41) is 0.581. The quantitative estimate of drug-likeness (QED) is 0.666. The summed E-state index contributed by atoms with van der Waals surface area (Å²) in [7, 11) is 0. The average molecular weight is 419 g/mol. The lowest BCUT2D eigenvalue weighted by molar-refractivity contribution is -0.164. The number of allylic oxidation sites excluding steroid dienone is 2. The predicted molar refractivity (Wildman–Crippen MR) is 93.1 cm³/mol. The third kappa shape index (κ3) is 3.01. The van der Waals surface area contributed by atoms with E-state index in [-0.39, 0.29) is 28.7 Å². The smallest absolute Gasteiger partial charge is 0.422 e. The monoisotopic (exact) mass is 418 g/mol. The molecule has 1 aliphatic heterocycles. The van der Waals surface area contributed by atoms with Crippen molar-refractivity contribution in [1.29, 1.82) is 0 Å². The number of fused-ring (bicyclic) bond motifs is 2. The van der Waals surface area contributed by atoms with Gasteiger partial charge in [0.05, 0.1) is 11.6 Å². The first-order chi connectivity index (χ1) is 12.6. The first-order valence-corrected chi connectivity index (χ1v) is 9.12. The van der Waals surface area contributed by atoms with Crippen molar-refractivity contribution in [3.63, 3.8) is 0 Å². The maximum absolute atomic E-state index is 12.8. The number of rotatable bonds is 4. The number of pyridine rings is 1. The second kappa shape index (κ2) is 6.14. The lowest BCUT2D eigenvalue weighted by atomic mass is 9.90. The topological polar surface area (TPSA) is 42.4 Å². The van der Waals surface area contributed by atoms with Gasteiger partial charge in [-0.15, -0.1) is 0 Å². The maximum atomic E-state index is 12.8. The van der Waals surface area contributed by atoms with Crippen LogP contribution in [0, 0.1) is 11.3 Å². The summed E-state index contributed by atoms with van der Waals surface area (Å²) in [6.07, 6.45) is 1.01. The summed E-state index contributed by atoms with van der Waals surface area (Å²) >= 11 is 12.4. The second-order valence-electron chi connectivity index (χ2n) is 7.06. The fourth-order valence-corrected chi connectivity index (χ4v) is 4.60. The third-order valence-corrected chi connectivity index (χ3v) is 6.37. The summed E-state index contributed by atoms with van der Waals surface area (Å²) in [5.41, 5.74) is 0.825. The molecule has 3 unspecified atom stereocenters. The van der Waals surface area contributed by atoms with Gasteiger partial charge in [0.25, 0.3) is 5.91 Å². The number of hydrogen-bond acceptors (Lipinski definition) is 3. The van der Waals surface area contributed by atoms with Gasteiger partial charge in [0.2, 0.25) is 0 Å². The SMILES string of the molecule is CC(N1Cc2c(ccnc2Cl)C1=O)C12C=CC(OCC(F)(F)F)=C(Cl)C1C2. The van der Waals surface area contributed by atoms with Gasteiger partial charge >= 0.3 is 6.18 Å². The molecule has 2 aliphatic carbocycles. The zero-order chi connectivity index (χ0) is 19.6. The molecule has 0 N–H and O–H groups in total. The normalized spacial score (nSPS) is 27.6. The lowest BCUT2D eigenvalue weighted by Crippen LogP contribution is -2.40. The van der Waals surface area contributed by atoms with Crippen molar-refractivity contribution < 1.29 is 22.7 Å². The van der Waals surface area contributed by atoms with Crippen LogP contribution in [-0.2, 0) is 11.3 Å². The molecule has 1 aromatic rings. The Kier molecular flexibility index (Phi) is 4.23. The Bertz CT molecular complexity index is 884. The molecule has 1 amide bonds. The molecule has 0 bridgehead atoms. The average Bonchev–Trinajstić information content (AvgIpc) is 3.27. The number of alkyl halides is 3. The molecule has 0 radical (unpaired) electrons. The van der Waals surface area contributed by atoms with Gasteiger partial charge in [0.15, 0.2) is 6.61 Å². The zero-order valence-corrected chi connectivity index (χ0v) is 15.7. The Morgan fingerprint density at radius 2 is 2.19 bits per heavy atom. The van der Waals surface area contributed by atoms with E-state index in [1.54, 1.807) is 11.0 Å². The third-order valence-electron chi connectivity index (χ3n) is 5.59. The molecule has 27 heavy (non-hydrogen) atoms. The van der Waals surface area contributed by atoms with E-state index in [0.29, 0.717) is 29.2 Å². The van der Waals surface area contributed by atoms with Crippen molar-refractivity contribution >= 4 is 29.1 Å². The molecule has 4 rings (SSSR count). The Morgan fingerprint density at radius 1 is 1.44 bits per heavy atom. The second-order valence-corrected chi connectivity index (χ2v) is 7.82. The molecule has 9 heteroatoms. The van der Waals surface area contributed by atoms with E-state index >= 15 is 0 Å². The number of nitrogens with zero attached hydrogens (tertiary/aromatic N) is 2. The van der Waals surface area contributed by atoms with Crippen LogP contribution in [-0.4, -0.2) is 34.6 Å². The largest absolute Gasteiger partial charge is 0.483 e. The molecule has 4 nitrogen and oxygen atoms in total. The Labute approximate surface area is 163 Å². The Morgan fingerprint density at radius 3 is 2.85 bits per heavy atom. The zero-order valence-electron chi connectivity index (χ0n) is 14.2. The number of carbonyl (C=O) groups is 1. The van der Waals surface area contributed by atoms with Crippen LogP contribution in [0.15, 0.2) is 35.2 Å². The minimum Gasteiger partial charge on any atom is -0.483 e. The molecular weight excluding hydrogens is 404 g/mol. The van der Waals surface area contributed by atoms with Gasteiger partial charge in [-0.05, 0) is 25.5 Å². The number of halogens is 5. The highest BCUT2D eigenvalue weighted by molar-refractivity contribution is 6.31. The first-order valence-electron chi connectivity index (χ1n) is 8.37. The van der Waals surface area contributed by atoms with Crippen LogP contribution in [0.2, 0.25) is 5.15 Å². The van der Waals surface area contributed by atoms with Crippen LogP contribution < -0.4 is 0 Å². The summed E-state index contributed by atoms with van der Waals surface area (Å²) < 4.78 is 42.0. The van der Waals surface area contributed by atoms with Crippen LogP contribution >= 0.6 is 23.2 Å². The van der Waals surface area contributed by atoms with Crippen LogP contribution in [0.4, 0.5) is 13.2 Å². The van der Waals surface area contributed by atoms with E-state index in [1.165, 1.54) is 12.3 Å². The van der Waals surface area contributed by atoms with E-state index in [9.17, 15) is 18.0 Å². The Hall–Kier alpha value is -1.73. The highest BCUT2D eigenvalue weighted by Gasteiger charge is 2.61. The molecule has 1 aromatic heterocycles. The summed E-state index contributed by atoms with van der Waals surface area (Å²) in [6, 6.07) is 1.44. The van der Waals surface area contributed by atoms with E-state index in [1.807, 2.05) is 13.0 Å². The van der Waals surface area contributed by atoms with Crippen molar-refractivity contribution in [2.45, 2.75) is 32.1 Å². The number of amides is 1. The number of ether oxygens (including phenoxy) is 1. The van der Waals surface area contributed by atoms with Crippen molar-refractivity contribution in [2.24, 2.45) is 11.3 Å². The predicted octanol–water partition coefficient (Wildman–Crippen LogP) is 4.68. The van der Waals surface area contributed by atoms with E-state index in [2.05, 4.69) is 4.98 Å². The molecule has 1 saturated carbocycles. The van der Waals surface area contributed by atoms with Crippen molar-refractivity contribution in [3.8, 4) is 0 Å². The van der Waals surface area contributed by atoms with Gasteiger partial charge in [-0.2, -0.15) is 13.2 Å². The van der Waals surface area contributed by atoms with E-state index in [4.69, 9.17) is 27.9 Å². The molecule has 3 aliphatic rings. The lowest BCUT2D eigenvalue weighted by Gasteiger charge is -2.32. The molecular formula is C18H15Cl2F3N2O2. The Balaban J connectivity index is 1.52. The molecule has 2 heterocycles. The minimum absolute atomic E-state index is 0.0441. The minimum atomic E-state index is -4.43. The summed E-state index contributed by atoms with van der Waals surface area (Å²) in [5.74, 6) is -0.246. The van der Waals surface area contributed by atoms with E-state index < -0.39 is 18.2 Å². The number of carbonyl (C=O) groups excluding carboxylic acids is 1. The van der Waals surface area contributed by atoms with Crippen LogP contribution in [0.25, 0.3) is 0 Å². The van der Waals surface area contributed by atoms with Gasteiger partial charge < -0.3 is 9.64 Å². The van der Waals surface area contributed by atoms with Gasteiger partial charge in [-0.25, -0.2) is 4.98 Å². The first kappa shape index (κ1) is 18.6. The summed E-state index contributed by atoms with van der Waals surface area (Å²) in [4.78, 5) is 18.5. The molecule has 0 saturated heterocycles. The highest BCUT2D eigenvalue weighted by atomic mass is 35.5.